The van der Waals surface area contributed by atoms with E-state index < -0.39 is 0 Å². The maximum atomic E-state index is 4.87. The smallest absolute Gasteiger partial charge is 0.0975 e. The largest absolute Gasteiger partial charge is 0.252 e. The zero-order chi connectivity index (χ0) is 32.3. The van der Waals surface area contributed by atoms with Crippen molar-refractivity contribution in [3.63, 3.8) is 0 Å². The number of fused-ring (bicyclic) bond motifs is 12. The van der Waals surface area contributed by atoms with Crippen LogP contribution in [0, 0.1) is 13.8 Å². The first kappa shape index (κ1) is 30.6. The third-order valence-corrected chi connectivity index (χ3v) is 9.76. The van der Waals surface area contributed by atoms with Gasteiger partial charge in [-0.3, -0.25) is 9.97 Å². The molecule has 0 unspecified atom stereocenters. The third kappa shape index (κ3) is 5.41. The van der Waals surface area contributed by atoms with Gasteiger partial charge in [-0.1, -0.05) is 96.0 Å². The maximum absolute atomic E-state index is 4.87. The second-order valence-corrected chi connectivity index (χ2v) is 14.5. The lowest BCUT2D eigenvalue weighted by Gasteiger charge is -2.14. The van der Waals surface area contributed by atoms with Gasteiger partial charge < -0.3 is 0 Å². The SMILES string of the molecule is Cc1cnc2c3cc(Br)ccc3c3ccc(Br)cc3c2n1.Cc1cnc2c3cc(C(C)C)ccc3c3ccc(C(C)C)cc3c2n1. The van der Waals surface area contributed by atoms with E-state index in [4.69, 9.17) is 15.0 Å². The number of hydrogen-bond acceptors (Lipinski definition) is 4. The summed E-state index contributed by atoms with van der Waals surface area (Å²) in [4.78, 5) is 19.0. The van der Waals surface area contributed by atoms with Crippen molar-refractivity contribution in [2.45, 2.75) is 53.4 Å². The Morgan fingerprint density at radius 2 is 0.783 bits per heavy atom. The Balaban J connectivity index is 0.000000149. The number of benzene rings is 6. The summed E-state index contributed by atoms with van der Waals surface area (Å²) in [6, 6.07) is 26.2. The molecule has 8 aromatic rings. The van der Waals surface area contributed by atoms with E-state index in [0.717, 1.165) is 53.2 Å². The molecule has 0 atom stereocenters. The molecule has 0 saturated heterocycles. The van der Waals surface area contributed by atoms with E-state index in [1.165, 1.54) is 43.4 Å². The van der Waals surface area contributed by atoms with Crippen LogP contribution in [0.3, 0.4) is 0 Å². The fraction of sp³-hybridized carbons (Fsp3) is 0.200. The van der Waals surface area contributed by atoms with Gasteiger partial charge in [-0.2, -0.15) is 0 Å². The highest BCUT2D eigenvalue weighted by Gasteiger charge is 2.14. The van der Waals surface area contributed by atoms with Crippen LogP contribution in [-0.4, -0.2) is 19.9 Å². The van der Waals surface area contributed by atoms with E-state index in [0.29, 0.717) is 11.8 Å². The normalized spacial score (nSPS) is 11.9. The lowest BCUT2D eigenvalue weighted by atomic mass is 9.92. The number of nitrogens with zero attached hydrogens (tertiary/aromatic N) is 4. The fourth-order valence-corrected chi connectivity index (χ4v) is 7.04. The fourth-order valence-electron chi connectivity index (χ4n) is 6.32. The highest BCUT2D eigenvalue weighted by molar-refractivity contribution is 9.10. The molecule has 228 valence electrons. The summed E-state index contributed by atoms with van der Waals surface area (Å²) >= 11 is 7.11. The van der Waals surface area contributed by atoms with Crippen LogP contribution in [0.1, 0.15) is 62.0 Å². The van der Waals surface area contributed by atoms with Crippen LogP contribution in [0.2, 0.25) is 0 Å². The lowest BCUT2D eigenvalue weighted by molar-refractivity contribution is 0.868. The van der Waals surface area contributed by atoms with Gasteiger partial charge in [-0.25, -0.2) is 9.97 Å². The minimum absolute atomic E-state index is 0.497. The minimum atomic E-state index is 0.497. The molecule has 0 N–H and O–H groups in total. The summed E-state index contributed by atoms with van der Waals surface area (Å²) < 4.78 is 2.10. The Morgan fingerprint density at radius 1 is 0.435 bits per heavy atom. The summed E-state index contributed by atoms with van der Waals surface area (Å²) in [6.45, 7) is 12.9. The molecule has 6 aromatic carbocycles. The van der Waals surface area contributed by atoms with Crippen LogP contribution in [0.25, 0.3) is 65.2 Å². The topological polar surface area (TPSA) is 51.6 Å². The second kappa shape index (κ2) is 12.0. The Hall–Kier alpha value is -4.00. The zero-order valence-electron chi connectivity index (χ0n) is 26.8. The Morgan fingerprint density at radius 3 is 1.20 bits per heavy atom. The van der Waals surface area contributed by atoms with E-state index in [1.54, 1.807) is 0 Å². The van der Waals surface area contributed by atoms with Gasteiger partial charge in [0, 0.05) is 42.9 Å². The van der Waals surface area contributed by atoms with Crippen molar-refractivity contribution < 1.29 is 0 Å². The molecule has 2 heterocycles. The molecule has 46 heavy (non-hydrogen) atoms. The molecule has 0 aliphatic carbocycles. The predicted octanol–water partition coefficient (Wildman–Crippen LogP) is 12.3. The molecule has 0 fully saturated rings. The molecule has 0 bridgehead atoms. The average molecular weight is 731 g/mol. The van der Waals surface area contributed by atoms with Gasteiger partial charge in [-0.15, -0.1) is 0 Å². The average Bonchev–Trinajstić information content (AvgIpc) is 3.04. The van der Waals surface area contributed by atoms with E-state index in [2.05, 4.69) is 137 Å². The van der Waals surface area contributed by atoms with Crippen LogP contribution in [0.4, 0.5) is 0 Å². The van der Waals surface area contributed by atoms with Crippen LogP contribution in [0.15, 0.2) is 94.1 Å². The van der Waals surface area contributed by atoms with Crippen molar-refractivity contribution in [3.05, 3.63) is 117 Å². The molecule has 0 amide bonds. The van der Waals surface area contributed by atoms with Crippen molar-refractivity contribution in [2.75, 3.05) is 0 Å². The molecule has 8 rings (SSSR count). The molecule has 2 aromatic heterocycles. The summed E-state index contributed by atoms with van der Waals surface area (Å²) in [5.74, 6) is 0.994. The van der Waals surface area contributed by atoms with Gasteiger partial charge in [0.25, 0.3) is 0 Å². The number of halogens is 2. The molecule has 0 spiro atoms. The molecular formula is C40H34Br2N4. The van der Waals surface area contributed by atoms with Gasteiger partial charge >= 0.3 is 0 Å². The molecule has 4 nitrogen and oxygen atoms in total. The highest BCUT2D eigenvalue weighted by Crippen LogP contribution is 2.37. The summed E-state index contributed by atoms with van der Waals surface area (Å²) in [5.41, 5.74) is 8.51. The molecule has 0 radical (unpaired) electrons. The first-order valence-corrected chi connectivity index (χ1v) is 17.2. The van der Waals surface area contributed by atoms with Crippen molar-refractivity contribution in [3.8, 4) is 0 Å². The lowest BCUT2D eigenvalue weighted by Crippen LogP contribution is -1.95. The summed E-state index contributed by atoms with van der Waals surface area (Å²) in [6.07, 6.45) is 3.70. The van der Waals surface area contributed by atoms with Crippen molar-refractivity contribution in [1.82, 2.24) is 19.9 Å². The second-order valence-electron chi connectivity index (χ2n) is 12.7. The number of rotatable bonds is 2. The minimum Gasteiger partial charge on any atom is -0.252 e. The van der Waals surface area contributed by atoms with E-state index >= 15 is 0 Å². The van der Waals surface area contributed by atoms with Crippen molar-refractivity contribution >= 4 is 97.0 Å². The molecule has 0 saturated carbocycles. The number of hydrogen-bond donors (Lipinski definition) is 0. The highest BCUT2D eigenvalue weighted by atomic mass is 79.9. The first-order chi connectivity index (χ1) is 22.1. The third-order valence-electron chi connectivity index (χ3n) is 8.77. The Bertz CT molecular complexity index is 2480. The van der Waals surface area contributed by atoms with Crippen molar-refractivity contribution in [2.24, 2.45) is 0 Å². The summed E-state index contributed by atoms with van der Waals surface area (Å²) in [7, 11) is 0. The van der Waals surface area contributed by atoms with Gasteiger partial charge in [0.2, 0.25) is 0 Å². The zero-order valence-corrected chi connectivity index (χ0v) is 30.0. The maximum Gasteiger partial charge on any atom is 0.0975 e. The van der Waals surface area contributed by atoms with Crippen LogP contribution in [-0.2, 0) is 0 Å². The quantitative estimate of drug-likeness (QED) is 0.166. The predicted molar refractivity (Wildman–Crippen MR) is 202 cm³/mol. The van der Waals surface area contributed by atoms with Crippen molar-refractivity contribution in [1.29, 1.82) is 0 Å². The summed E-state index contributed by atoms with van der Waals surface area (Å²) in [5, 5.41) is 9.61. The standard InChI is InChI=1S/C23H24N2.C17H10Br2N2/c1-13(2)16-6-8-18-19-9-7-17(14(3)4)11-21(19)23-22(20(18)10-16)24-12-15(5)25-23;1-9-8-20-16-14-6-10(18)2-4-12(14)13-5-3-11(19)7-15(13)17(16)21-9/h6-14H,1-5H3;2-8H,1H3. The molecule has 0 aliphatic rings. The van der Waals surface area contributed by atoms with Crippen LogP contribution < -0.4 is 0 Å². The first-order valence-electron chi connectivity index (χ1n) is 15.7. The van der Waals surface area contributed by atoms with E-state index in [9.17, 15) is 0 Å². The number of aromatic nitrogens is 4. The van der Waals surface area contributed by atoms with E-state index in [-0.39, 0.29) is 0 Å². The van der Waals surface area contributed by atoms with Crippen LogP contribution >= 0.6 is 31.9 Å². The van der Waals surface area contributed by atoms with Gasteiger partial charge in [0.05, 0.1) is 33.5 Å². The van der Waals surface area contributed by atoms with Crippen LogP contribution in [0.5, 0.6) is 0 Å². The van der Waals surface area contributed by atoms with Gasteiger partial charge in [0.1, 0.15) is 0 Å². The van der Waals surface area contributed by atoms with E-state index in [1.807, 2.05) is 26.2 Å². The monoisotopic (exact) mass is 728 g/mol. The van der Waals surface area contributed by atoms with Gasteiger partial charge in [0.15, 0.2) is 0 Å². The number of aryl methyl sites for hydroxylation is 2. The molecule has 0 aliphatic heterocycles. The Kier molecular flexibility index (Phi) is 7.98. The molecular weight excluding hydrogens is 696 g/mol. The molecule has 6 heteroatoms. The van der Waals surface area contributed by atoms with Gasteiger partial charge in [-0.05, 0) is 94.8 Å². The Labute approximate surface area is 285 Å².